The molecule has 0 unspecified atom stereocenters. The van der Waals surface area contributed by atoms with E-state index in [-0.39, 0.29) is 22.9 Å². The third-order valence-corrected chi connectivity index (χ3v) is 2.93. The van der Waals surface area contributed by atoms with E-state index in [4.69, 9.17) is 0 Å². The minimum atomic E-state index is -0.259. The van der Waals surface area contributed by atoms with E-state index in [1.165, 1.54) is 12.8 Å². The number of hydrogen-bond donors (Lipinski definition) is 0. The lowest BCUT2D eigenvalue weighted by molar-refractivity contribution is -0.480. The molecule has 0 saturated heterocycles. The van der Waals surface area contributed by atoms with Crippen molar-refractivity contribution >= 4 is 0 Å². The SMILES string of the molecule is O=[N+]([O-])CCCCCCCCCCCC[N+](=O)[O-]. The van der Waals surface area contributed by atoms with Crippen LogP contribution >= 0.6 is 0 Å². The number of rotatable bonds is 13. The second-order valence-corrected chi connectivity index (χ2v) is 4.65. The zero-order chi connectivity index (χ0) is 13.6. The number of nitro groups is 2. The highest BCUT2D eigenvalue weighted by Crippen LogP contribution is 2.10. The zero-order valence-electron chi connectivity index (χ0n) is 11.0. The van der Waals surface area contributed by atoms with E-state index in [1.54, 1.807) is 0 Å². The lowest BCUT2D eigenvalue weighted by atomic mass is 10.1. The van der Waals surface area contributed by atoms with Gasteiger partial charge in [0.15, 0.2) is 0 Å². The minimum Gasteiger partial charge on any atom is -0.265 e. The maximum absolute atomic E-state index is 10.1. The van der Waals surface area contributed by atoms with Crippen LogP contribution < -0.4 is 0 Å². The quantitative estimate of drug-likeness (QED) is 0.288. The molecule has 0 heterocycles. The van der Waals surface area contributed by atoms with Crippen molar-refractivity contribution in [3.05, 3.63) is 20.2 Å². The minimum absolute atomic E-state index is 0.0937. The molecule has 0 aromatic carbocycles. The van der Waals surface area contributed by atoms with Crippen LogP contribution in [0.1, 0.15) is 64.2 Å². The van der Waals surface area contributed by atoms with Crippen LogP contribution in [0.4, 0.5) is 0 Å². The van der Waals surface area contributed by atoms with Gasteiger partial charge in [-0.15, -0.1) is 0 Å². The van der Waals surface area contributed by atoms with E-state index < -0.39 is 0 Å². The predicted octanol–water partition coefficient (Wildman–Crippen LogP) is 3.44. The number of unbranched alkanes of at least 4 members (excludes halogenated alkanes) is 9. The first-order chi connectivity index (χ1) is 8.63. The summed E-state index contributed by atoms with van der Waals surface area (Å²) in [7, 11) is 0. The fraction of sp³-hybridized carbons (Fsp3) is 1.00. The Hall–Kier alpha value is -1.20. The Morgan fingerprint density at radius 2 is 0.722 bits per heavy atom. The molecular formula is C12H24N2O4. The van der Waals surface area contributed by atoms with E-state index >= 15 is 0 Å². The Bertz CT molecular complexity index is 210. The average Bonchev–Trinajstić information content (AvgIpc) is 2.29. The molecule has 0 aromatic rings. The topological polar surface area (TPSA) is 86.3 Å². The van der Waals surface area contributed by atoms with Crippen molar-refractivity contribution in [2.24, 2.45) is 0 Å². The summed E-state index contributed by atoms with van der Waals surface area (Å²) >= 11 is 0. The molecule has 18 heavy (non-hydrogen) atoms. The van der Waals surface area contributed by atoms with Crippen LogP contribution in [0.3, 0.4) is 0 Å². The van der Waals surface area contributed by atoms with Gasteiger partial charge in [0.2, 0.25) is 13.1 Å². The van der Waals surface area contributed by atoms with Crippen LogP contribution in [0.15, 0.2) is 0 Å². The van der Waals surface area contributed by atoms with E-state index in [9.17, 15) is 20.2 Å². The molecule has 0 amide bonds. The van der Waals surface area contributed by atoms with Crippen LogP contribution in [0.5, 0.6) is 0 Å². The molecule has 6 nitrogen and oxygen atoms in total. The van der Waals surface area contributed by atoms with Crippen molar-refractivity contribution < 1.29 is 9.85 Å². The highest BCUT2D eigenvalue weighted by Gasteiger charge is 1.98. The summed E-state index contributed by atoms with van der Waals surface area (Å²) in [5.41, 5.74) is 0. The van der Waals surface area contributed by atoms with E-state index in [1.807, 2.05) is 0 Å². The molecule has 0 aliphatic rings. The smallest absolute Gasteiger partial charge is 0.203 e. The standard InChI is InChI=1S/C12H24N2O4/c15-13(16)11-9-7-5-3-1-2-4-6-8-10-12-14(17)18/h1-12H2. The van der Waals surface area contributed by atoms with Crippen LogP contribution in [0.25, 0.3) is 0 Å². The Morgan fingerprint density at radius 1 is 0.500 bits per heavy atom. The van der Waals surface area contributed by atoms with Gasteiger partial charge in [0, 0.05) is 22.7 Å². The fourth-order valence-electron chi connectivity index (χ4n) is 1.90. The molecule has 0 radical (unpaired) electrons. The monoisotopic (exact) mass is 260 g/mol. The van der Waals surface area contributed by atoms with Crippen molar-refractivity contribution in [3.63, 3.8) is 0 Å². The summed E-state index contributed by atoms with van der Waals surface area (Å²) in [6, 6.07) is 0. The van der Waals surface area contributed by atoms with Gasteiger partial charge in [-0.25, -0.2) is 0 Å². The van der Waals surface area contributed by atoms with Gasteiger partial charge >= 0.3 is 0 Å². The summed E-state index contributed by atoms with van der Waals surface area (Å²) in [4.78, 5) is 19.6. The molecular weight excluding hydrogens is 236 g/mol. The normalized spacial score (nSPS) is 10.4. The second-order valence-electron chi connectivity index (χ2n) is 4.65. The van der Waals surface area contributed by atoms with Gasteiger partial charge in [0.1, 0.15) is 0 Å². The van der Waals surface area contributed by atoms with Crippen LogP contribution in [0, 0.1) is 20.2 Å². The Morgan fingerprint density at radius 3 is 0.944 bits per heavy atom. The third kappa shape index (κ3) is 14.8. The molecule has 0 aliphatic heterocycles. The van der Waals surface area contributed by atoms with E-state index in [0.29, 0.717) is 12.8 Å². The summed E-state index contributed by atoms with van der Waals surface area (Å²) in [5.74, 6) is 0. The van der Waals surface area contributed by atoms with Gasteiger partial charge in [0.05, 0.1) is 0 Å². The first-order valence-electron chi connectivity index (χ1n) is 6.86. The molecule has 0 saturated carbocycles. The van der Waals surface area contributed by atoms with Crippen LogP contribution in [0.2, 0.25) is 0 Å². The summed E-state index contributed by atoms with van der Waals surface area (Å²) in [6.45, 7) is 0.187. The molecule has 0 bridgehead atoms. The van der Waals surface area contributed by atoms with Crippen molar-refractivity contribution in [1.82, 2.24) is 0 Å². The molecule has 0 aromatic heterocycles. The van der Waals surface area contributed by atoms with Gasteiger partial charge in [-0.05, 0) is 12.8 Å². The summed E-state index contributed by atoms with van der Waals surface area (Å²) in [6.07, 6.45) is 10.1. The fourth-order valence-corrected chi connectivity index (χ4v) is 1.90. The Balaban J connectivity index is 2.99. The molecule has 0 N–H and O–H groups in total. The van der Waals surface area contributed by atoms with Crippen molar-refractivity contribution in [2.45, 2.75) is 64.2 Å². The third-order valence-electron chi connectivity index (χ3n) is 2.93. The van der Waals surface area contributed by atoms with E-state index in [0.717, 1.165) is 38.5 Å². The predicted molar refractivity (Wildman–Crippen MR) is 69.9 cm³/mol. The molecule has 0 fully saturated rings. The number of hydrogen-bond acceptors (Lipinski definition) is 4. The maximum atomic E-state index is 10.1. The highest BCUT2D eigenvalue weighted by molar-refractivity contribution is 4.47. The van der Waals surface area contributed by atoms with Crippen molar-refractivity contribution in [2.75, 3.05) is 13.1 Å². The van der Waals surface area contributed by atoms with Gasteiger partial charge in [-0.3, -0.25) is 20.2 Å². The van der Waals surface area contributed by atoms with Crippen LogP contribution in [-0.4, -0.2) is 22.9 Å². The van der Waals surface area contributed by atoms with Gasteiger partial charge < -0.3 is 0 Å². The van der Waals surface area contributed by atoms with E-state index in [2.05, 4.69) is 0 Å². The molecule has 106 valence electrons. The van der Waals surface area contributed by atoms with Crippen molar-refractivity contribution in [1.29, 1.82) is 0 Å². The lowest BCUT2D eigenvalue weighted by Crippen LogP contribution is -1.99. The van der Waals surface area contributed by atoms with Crippen LogP contribution in [-0.2, 0) is 0 Å². The Kier molecular flexibility index (Phi) is 11.4. The summed E-state index contributed by atoms with van der Waals surface area (Å²) in [5, 5.41) is 20.1. The zero-order valence-corrected chi connectivity index (χ0v) is 11.0. The molecule has 0 rings (SSSR count). The Labute approximate surface area is 108 Å². The van der Waals surface area contributed by atoms with Gasteiger partial charge in [-0.2, -0.15) is 0 Å². The molecule has 0 atom stereocenters. The maximum Gasteiger partial charge on any atom is 0.203 e. The highest BCUT2D eigenvalue weighted by atomic mass is 16.6. The summed E-state index contributed by atoms with van der Waals surface area (Å²) < 4.78 is 0. The van der Waals surface area contributed by atoms with Gasteiger partial charge in [-0.1, -0.05) is 38.5 Å². The first kappa shape index (κ1) is 16.8. The second kappa shape index (κ2) is 12.3. The first-order valence-corrected chi connectivity index (χ1v) is 6.86. The lowest BCUT2D eigenvalue weighted by Gasteiger charge is -2.01. The number of nitrogens with zero attached hydrogens (tertiary/aromatic N) is 2. The molecule has 6 heteroatoms. The largest absolute Gasteiger partial charge is 0.265 e. The van der Waals surface area contributed by atoms with Crippen molar-refractivity contribution in [3.8, 4) is 0 Å². The average molecular weight is 260 g/mol. The van der Waals surface area contributed by atoms with Gasteiger partial charge in [0.25, 0.3) is 0 Å². The molecule has 0 spiro atoms. The molecule has 0 aliphatic carbocycles.